The van der Waals surface area contributed by atoms with Crippen molar-refractivity contribution in [2.45, 2.75) is 44.6 Å². The minimum Gasteiger partial charge on any atom is -0.453 e. The van der Waals surface area contributed by atoms with Gasteiger partial charge in [-0.25, -0.2) is 0 Å². The van der Waals surface area contributed by atoms with E-state index in [-0.39, 0.29) is 6.61 Å². The van der Waals surface area contributed by atoms with Gasteiger partial charge < -0.3 is 18.9 Å². The average Bonchev–Trinajstić information content (AvgIpc) is 2.95. The molecule has 1 aliphatic heterocycles. The molecular formula is C19H26O12S2. The van der Waals surface area contributed by atoms with Crippen LogP contribution in [0.4, 0.5) is 0 Å². The van der Waals surface area contributed by atoms with E-state index in [1.165, 1.54) is 0 Å². The molecule has 0 unspecified atom stereocenters. The highest BCUT2D eigenvalue weighted by Gasteiger charge is 2.60. The Balaban J connectivity index is 2.50. The minimum atomic E-state index is -4.03. The highest BCUT2D eigenvalue weighted by Crippen LogP contribution is 2.38. The lowest BCUT2D eigenvalue weighted by Gasteiger charge is -2.33. The Morgan fingerprint density at radius 3 is 1.88 bits per heavy atom. The molecule has 0 aromatic heterocycles. The summed E-state index contributed by atoms with van der Waals surface area (Å²) in [6.07, 6.45) is -2.74. The van der Waals surface area contributed by atoms with Crippen LogP contribution in [0.5, 0.6) is 0 Å². The molecule has 1 saturated heterocycles. The number of carbonyl (C=O) groups excluding carboxylic acids is 2. The maximum atomic E-state index is 11.8. The molecule has 33 heavy (non-hydrogen) atoms. The van der Waals surface area contributed by atoms with E-state index in [0.29, 0.717) is 5.56 Å². The van der Waals surface area contributed by atoms with Crippen molar-refractivity contribution in [3.63, 3.8) is 0 Å². The van der Waals surface area contributed by atoms with Crippen molar-refractivity contribution in [1.82, 2.24) is 0 Å². The molecule has 1 aromatic carbocycles. The van der Waals surface area contributed by atoms with E-state index in [0.717, 1.165) is 26.4 Å². The summed E-state index contributed by atoms with van der Waals surface area (Å²) in [7, 11) is -8.06. The molecule has 1 aliphatic rings. The summed E-state index contributed by atoms with van der Waals surface area (Å²) in [5.41, 5.74) is -1.27. The van der Waals surface area contributed by atoms with Gasteiger partial charge in [0.05, 0.1) is 19.1 Å². The smallest absolute Gasteiger partial charge is 0.305 e. The largest absolute Gasteiger partial charge is 0.453 e. The van der Waals surface area contributed by atoms with Gasteiger partial charge in [-0.1, -0.05) is 30.3 Å². The van der Waals surface area contributed by atoms with Crippen molar-refractivity contribution in [2.75, 3.05) is 25.7 Å². The van der Waals surface area contributed by atoms with Gasteiger partial charge in [-0.3, -0.25) is 18.0 Å². The first-order valence-electron chi connectivity index (χ1n) is 9.57. The molecule has 0 N–H and O–H groups in total. The molecule has 0 amide bonds. The van der Waals surface area contributed by atoms with Crippen LogP contribution in [-0.4, -0.2) is 78.6 Å². The zero-order valence-electron chi connectivity index (χ0n) is 18.5. The Morgan fingerprint density at radius 1 is 0.909 bits per heavy atom. The Hall–Kier alpha value is -2.10. The minimum absolute atomic E-state index is 0.0705. The van der Waals surface area contributed by atoms with E-state index >= 15 is 0 Å². The molecule has 0 spiro atoms. The molecule has 0 radical (unpaired) electrons. The van der Waals surface area contributed by atoms with E-state index in [1.54, 1.807) is 30.3 Å². The standard InChI is InChI=1S/C19H26O12S2/c1-13(20)29-16-17(26-10-15-8-6-5-7-9-15)19(11-27-32(3,22)23,12-28-33(4,24)25)31-18(16)30-14(2)21/h5-9,16-18H,10-12H2,1-4H3/t16-,17-,18+/m0/s1. The molecule has 2 rings (SSSR count). The molecule has 14 heteroatoms. The lowest BCUT2D eigenvalue weighted by molar-refractivity contribution is -0.211. The molecule has 0 aliphatic carbocycles. The zero-order chi connectivity index (χ0) is 24.9. The highest BCUT2D eigenvalue weighted by molar-refractivity contribution is 7.86. The molecule has 1 aromatic rings. The third-order valence-electron chi connectivity index (χ3n) is 4.33. The van der Waals surface area contributed by atoms with Crippen LogP contribution in [0.15, 0.2) is 30.3 Å². The molecule has 3 atom stereocenters. The van der Waals surface area contributed by atoms with Crippen molar-refractivity contribution in [3.05, 3.63) is 35.9 Å². The van der Waals surface area contributed by atoms with Crippen molar-refractivity contribution in [1.29, 1.82) is 0 Å². The first kappa shape index (κ1) is 27.1. The van der Waals surface area contributed by atoms with Gasteiger partial charge in [-0.15, -0.1) is 0 Å². The highest BCUT2D eigenvalue weighted by atomic mass is 32.2. The summed E-state index contributed by atoms with van der Waals surface area (Å²) in [5, 5.41) is 0. The number of hydrogen-bond donors (Lipinski definition) is 0. The van der Waals surface area contributed by atoms with E-state index in [4.69, 9.17) is 27.3 Å². The van der Waals surface area contributed by atoms with Crippen molar-refractivity contribution in [2.24, 2.45) is 0 Å². The van der Waals surface area contributed by atoms with Gasteiger partial charge in [0.25, 0.3) is 20.2 Å². The van der Waals surface area contributed by atoms with Crippen LogP contribution in [-0.2, 0) is 63.7 Å². The van der Waals surface area contributed by atoms with Crippen LogP contribution < -0.4 is 0 Å². The molecule has 0 saturated carbocycles. The number of carbonyl (C=O) groups is 2. The van der Waals surface area contributed by atoms with Gasteiger partial charge in [0.2, 0.25) is 6.29 Å². The average molecular weight is 511 g/mol. The number of ether oxygens (including phenoxy) is 4. The predicted octanol–water partition coefficient (Wildman–Crippen LogP) is 0.114. The monoisotopic (exact) mass is 510 g/mol. The molecule has 186 valence electrons. The second-order valence-electron chi connectivity index (χ2n) is 7.38. The molecule has 1 fully saturated rings. The van der Waals surface area contributed by atoms with Gasteiger partial charge in [0.15, 0.2) is 11.7 Å². The number of esters is 2. The Labute approximate surface area is 192 Å². The SMILES string of the molecule is CC(=O)O[C@@H]1OC(COS(C)(=O)=O)(COS(C)(=O)=O)[C@@H](OCc2ccccc2)[C@@H]1OC(C)=O. The van der Waals surface area contributed by atoms with Crippen LogP contribution in [0.2, 0.25) is 0 Å². The fraction of sp³-hybridized carbons (Fsp3) is 0.579. The summed E-state index contributed by atoms with van der Waals surface area (Å²) in [4.78, 5) is 23.4. The van der Waals surface area contributed by atoms with E-state index in [1.807, 2.05) is 0 Å². The fourth-order valence-electron chi connectivity index (χ4n) is 3.07. The maximum absolute atomic E-state index is 11.8. The summed E-state index contributed by atoms with van der Waals surface area (Å²) in [6, 6.07) is 8.76. The first-order chi connectivity index (χ1) is 15.2. The van der Waals surface area contributed by atoms with Gasteiger partial charge >= 0.3 is 11.9 Å². The van der Waals surface area contributed by atoms with Gasteiger partial charge in [0, 0.05) is 13.8 Å². The van der Waals surface area contributed by atoms with Crippen molar-refractivity contribution < 1.29 is 53.7 Å². The van der Waals surface area contributed by atoms with Crippen molar-refractivity contribution >= 4 is 32.2 Å². The van der Waals surface area contributed by atoms with Crippen LogP contribution in [0.25, 0.3) is 0 Å². The van der Waals surface area contributed by atoms with E-state index < -0.39 is 69.5 Å². The summed E-state index contributed by atoms with van der Waals surface area (Å²) >= 11 is 0. The topological polar surface area (TPSA) is 158 Å². The quantitative estimate of drug-likeness (QED) is 0.293. The zero-order valence-corrected chi connectivity index (χ0v) is 20.1. The second kappa shape index (κ2) is 10.9. The number of benzene rings is 1. The third kappa shape index (κ3) is 8.64. The number of rotatable bonds is 11. The van der Waals surface area contributed by atoms with E-state index in [2.05, 4.69) is 0 Å². The van der Waals surface area contributed by atoms with Crippen molar-refractivity contribution in [3.8, 4) is 0 Å². The van der Waals surface area contributed by atoms with Gasteiger partial charge in [-0.2, -0.15) is 16.8 Å². The maximum Gasteiger partial charge on any atom is 0.305 e. The first-order valence-corrected chi connectivity index (χ1v) is 13.2. The van der Waals surface area contributed by atoms with Gasteiger partial charge in [-0.05, 0) is 5.56 Å². The Kier molecular flexibility index (Phi) is 8.95. The fourth-order valence-corrected chi connectivity index (χ4v) is 3.89. The number of hydrogen-bond acceptors (Lipinski definition) is 12. The summed E-state index contributed by atoms with van der Waals surface area (Å²) < 4.78 is 78.5. The summed E-state index contributed by atoms with van der Waals surface area (Å²) in [5.74, 6) is -1.58. The van der Waals surface area contributed by atoms with Gasteiger partial charge in [0.1, 0.15) is 19.3 Å². The molecule has 1 heterocycles. The van der Waals surface area contributed by atoms with Crippen LogP contribution >= 0.6 is 0 Å². The summed E-state index contributed by atoms with van der Waals surface area (Å²) in [6.45, 7) is 0.540. The van der Waals surface area contributed by atoms with Crippen LogP contribution in [0.3, 0.4) is 0 Å². The Bertz CT molecular complexity index is 1000. The van der Waals surface area contributed by atoms with Crippen LogP contribution in [0.1, 0.15) is 19.4 Å². The second-order valence-corrected chi connectivity index (χ2v) is 10.7. The normalized spacial score (nSPS) is 22.6. The lowest BCUT2D eigenvalue weighted by Crippen LogP contribution is -2.53. The Morgan fingerprint density at radius 2 is 1.42 bits per heavy atom. The predicted molar refractivity (Wildman–Crippen MR) is 112 cm³/mol. The molecular weight excluding hydrogens is 484 g/mol. The lowest BCUT2D eigenvalue weighted by atomic mass is 9.96. The van der Waals surface area contributed by atoms with Crippen LogP contribution in [0, 0.1) is 0 Å². The molecule has 0 bridgehead atoms. The molecule has 12 nitrogen and oxygen atoms in total. The third-order valence-corrected chi connectivity index (χ3v) is 5.42. The van der Waals surface area contributed by atoms with E-state index in [9.17, 15) is 26.4 Å².